The lowest BCUT2D eigenvalue weighted by Gasteiger charge is -2.04. The van der Waals surface area contributed by atoms with E-state index in [2.05, 4.69) is 33.0 Å². The molecule has 0 aliphatic rings. The third kappa shape index (κ3) is 2.68. The highest BCUT2D eigenvalue weighted by Crippen LogP contribution is 2.22. The summed E-state index contributed by atoms with van der Waals surface area (Å²) in [5.74, 6) is 0. The summed E-state index contributed by atoms with van der Waals surface area (Å²) < 4.78 is 3.14. The van der Waals surface area contributed by atoms with E-state index < -0.39 is 0 Å². The Balaban J connectivity index is 1.98. The quantitative estimate of drug-likeness (QED) is 0.938. The minimum absolute atomic E-state index is 0.0497. The lowest BCUT2D eigenvalue weighted by atomic mass is 10.3. The highest BCUT2D eigenvalue weighted by molar-refractivity contribution is 9.11. The molecule has 2 aromatic heterocycles. The van der Waals surface area contributed by atoms with Crippen molar-refractivity contribution >= 4 is 27.3 Å². The standard InChI is InChI=1S/C10H11BrN2OS/c11-10-2-1-9(15-10)3-4-13-7-12-5-8(13)6-14/h1-2,5,7,14H,3-4,6H2. The molecule has 0 unspecified atom stereocenters. The van der Waals surface area contributed by atoms with Crippen LogP contribution in [0.1, 0.15) is 10.6 Å². The maximum Gasteiger partial charge on any atom is 0.0948 e. The Morgan fingerprint density at radius 2 is 2.33 bits per heavy atom. The smallest absolute Gasteiger partial charge is 0.0948 e. The molecule has 15 heavy (non-hydrogen) atoms. The first-order chi connectivity index (χ1) is 7.29. The summed E-state index contributed by atoms with van der Waals surface area (Å²) in [5.41, 5.74) is 0.866. The zero-order valence-corrected chi connectivity index (χ0v) is 10.5. The highest BCUT2D eigenvalue weighted by Gasteiger charge is 2.02. The van der Waals surface area contributed by atoms with Crippen molar-refractivity contribution in [3.8, 4) is 0 Å². The van der Waals surface area contributed by atoms with Crippen LogP contribution in [0.25, 0.3) is 0 Å². The summed E-state index contributed by atoms with van der Waals surface area (Å²) >= 11 is 5.18. The number of aryl methyl sites for hydroxylation is 2. The maximum absolute atomic E-state index is 9.04. The van der Waals surface area contributed by atoms with Gasteiger partial charge in [0.2, 0.25) is 0 Å². The molecule has 0 spiro atoms. The van der Waals surface area contributed by atoms with E-state index in [1.807, 2.05) is 4.57 Å². The van der Waals surface area contributed by atoms with E-state index >= 15 is 0 Å². The molecule has 0 fully saturated rings. The van der Waals surface area contributed by atoms with Gasteiger partial charge in [-0.25, -0.2) is 4.98 Å². The van der Waals surface area contributed by atoms with Crippen LogP contribution in [-0.4, -0.2) is 14.7 Å². The van der Waals surface area contributed by atoms with Crippen molar-refractivity contribution in [2.45, 2.75) is 19.6 Å². The third-order valence-corrected chi connectivity index (χ3v) is 3.87. The monoisotopic (exact) mass is 286 g/mol. The van der Waals surface area contributed by atoms with Gasteiger partial charge in [-0.3, -0.25) is 0 Å². The van der Waals surface area contributed by atoms with Gasteiger partial charge in [-0.05, 0) is 34.5 Å². The lowest BCUT2D eigenvalue weighted by molar-refractivity contribution is 0.270. The molecule has 0 aliphatic heterocycles. The zero-order chi connectivity index (χ0) is 10.7. The van der Waals surface area contributed by atoms with Crippen molar-refractivity contribution in [3.05, 3.63) is 39.0 Å². The number of aliphatic hydroxyl groups excluding tert-OH is 1. The molecule has 2 rings (SSSR count). The van der Waals surface area contributed by atoms with E-state index in [-0.39, 0.29) is 6.61 Å². The summed E-state index contributed by atoms with van der Waals surface area (Å²) in [7, 11) is 0. The topological polar surface area (TPSA) is 38.1 Å². The summed E-state index contributed by atoms with van der Waals surface area (Å²) in [6.45, 7) is 0.914. The number of thiophene rings is 1. The van der Waals surface area contributed by atoms with Crippen LogP contribution in [0.5, 0.6) is 0 Å². The average molecular weight is 287 g/mol. The number of rotatable bonds is 4. The largest absolute Gasteiger partial charge is 0.390 e. The Labute approximate surface area is 101 Å². The number of imidazole rings is 1. The molecule has 0 bridgehead atoms. The Bertz CT molecular complexity index is 438. The van der Waals surface area contributed by atoms with Crippen LogP contribution in [0, 0.1) is 0 Å². The number of aromatic nitrogens is 2. The van der Waals surface area contributed by atoms with Crippen LogP contribution >= 0.6 is 27.3 Å². The predicted molar refractivity (Wildman–Crippen MR) is 63.9 cm³/mol. The molecule has 0 atom stereocenters. The van der Waals surface area contributed by atoms with Crippen molar-refractivity contribution in [1.82, 2.24) is 9.55 Å². The number of nitrogens with zero attached hydrogens (tertiary/aromatic N) is 2. The molecule has 5 heteroatoms. The Kier molecular flexibility index (Phi) is 3.56. The molecule has 80 valence electrons. The molecule has 3 nitrogen and oxygen atoms in total. The van der Waals surface area contributed by atoms with Crippen LogP contribution < -0.4 is 0 Å². The van der Waals surface area contributed by atoms with Gasteiger partial charge in [-0.1, -0.05) is 0 Å². The van der Waals surface area contributed by atoms with Gasteiger partial charge in [0, 0.05) is 11.4 Å². The van der Waals surface area contributed by atoms with E-state index in [0.29, 0.717) is 0 Å². The number of aliphatic hydroxyl groups is 1. The minimum atomic E-state index is 0.0497. The number of hydrogen-bond acceptors (Lipinski definition) is 3. The van der Waals surface area contributed by atoms with Crippen molar-refractivity contribution in [1.29, 1.82) is 0 Å². The van der Waals surface area contributed by atoms with E-state index in [1.54, 1.807) is 23.9 Å². The van der Waals surface area contributed by atoms with Crippen molar-refractivity contribution in [2.75, 3.05) is 0 Å². The van der Waals surface area contributed by atoms with Crippen LogP contribution in [0.3, 0.4) is 0 Å². The lowest BCUT2D eigenvalue weighted by Crippen LogP contribution is -2.03. The van der Waals surface area contributed by atoms with E-state index in [9.17, 15) is 0 Å². The van der Waals surface area contributed by atoms with Gasteiger partial charge in [0.15, 0.2) is 0 Å². The van der Waals surface area contributed by atoms with Crippen molar-refractivity contribution in [2.24, 2.45) is 0 Å². The molecule has 0 saturated heterocycles. The molecule has 2 heterocycles. The van der Waals surface area contributed by atoms with Crippen LogP contribution in [0.2, 0.25) is 0 Å². The van der Waals surface area contributed by atoms with Crippen molar-refractivity contribution in [3.63, 3.8) is 0 Å². The second-order valence-corrected chi connectivity index (χ2v) is 5.74. The number of hydrogen-bond donors (Lipinski definition) is 1. The van der Waals surface area contributed by atoms with Gasteiger partial charge in [-0.2, -0.15) is 0 Å². The van der Waals surface area contributed by atoms with E-state index in [1.165, 1.54) is 4.88 Å². The van der Waals surface area contributed by atoms with Crippen LogP contribution in [0.4, 0.5) is 0 Å². The first-order valence-corrected chi connectivity index (χ1v) is 6.24. The summed E-state index contributed by atoms with van der Waals surface area (Å²) in [6, 6.07) is 4.17. The highest BCUT2D eigenvalue weighted by atomic mass is 79.9. The second-order valence-electron chi connectivity index (χ2n) is 3.19. The normalized spacial score (nSPS) is 10.8. The maximum atomic E-state index is 9.04. The van der Waals surface area contributed by atoms with Crippen LogP contribution in [-0.2, 0) is 19.6 Å². The van der Waals surface area contributed by atoms with Gasteiger partial charge in [0.25, 0.3) is 0 Å². The SMILES string of the molecule is OCc1cncn1CCc1ccc(Br)s1. The molecule has 2 aromatic rings. The Morgan fingerprint density at radius 1 is 1.47 bits per heavy atom. The van der Waals surface area contributed by atoms with Gasteiger partial charge >= 0.3 is 0 Å². The molecule has 0 aliphatic carbocycles. The van der Waals surface area contributed by atoms with E-state index in [0.717, 1.165) is 22.4 Å². The Morgan fingerprint density at radius 3 is 3.00 bits per heavy atom. The molecular weight excluding hydrogens is 276 g/mol. The van der Waals surface area contributed by atoms with Gasteiger partial charge in [0.05, 0.1) is 28.6 Å². The molecular formula is C10H11BrN2OS. The zero-order valence-electron chi connectivity index (χ0n) is 8.06. The van der Waals surface area contributed by atoms with Crippen molar-refractivity contribution < 1.29 is 5.11 Å². The molecule has 0 amide bonds. The molecule has 0 saturated carbocycles. The first kappa shape index (κ1) is 10.9. The molecule has 0 radical (unpaired) electrons. The predicted octanol–water partition coefficient (Wildman–Crippen LogP) is 2.44. The fraction of sp³-hybridized carbons (Fsp3) is 0.300. The number of halogens is 1. The first-order valence-electron chi connectivity index (χ1n) is 4.63. The van der Waals surface area contributed by atoms with Gasteiger partial charge in [0.1, 0.15) is 0 Å². The van der Waals surface area contributed by atoms with Crippen LogP contribution in [0.15, 0.2) is 28.4 Å². The van der Waals surface area contributed by atoms with Gasteiger partial charge < -0.3 is 9.67 Å². The van der Waals surface area contributed by atoms with Gasteiger partial charge in [-0.15, -0.1) is 11.3 Å². The fourth-order valence-corrected chi connectivity index (χ4v) is 2.87. The Hall–Kier alpha value is -0.650. The summed E-state index contributed by atoms with van der Waals surface area (Å²) in [6.07, 6.45) is 4.43. The average Bonchev–Trinajstić information content (AvgIpc) is 2.83. The second kappa shape index (κ2) is 4.92. The van der Waals surface area contributed by atoms with E-state index in [4.69, 9.17) is 5.11 Å². The summed E-state index contributed by atoms with van der Waals surface area (Å²) in [4.78, 5) is 5.34. The fourth-order valence-electron chi connectivity index (χ4n) is 1.40. The molecule has 1 N–H and O–H groups in total. The molecule has 0 aromatic carbocycles. The third-order valence-electron chi connectivity index (χ3n) is 2.19. The summed E-state index contributed by atoms with van der Waals surface area (Å²) in [5, 5.41) is 9.04. The minimum Gasteiger partial charge on any atom is -0.390 e.